The number of quaternary nitrogens is 2. The first-order valence-electron chi connectivity index (χ1n) is 7.79. The molecule has 2 rings (SSSR count). The maximum absolute atomic E-state index is 2.46. The Kier molecular flexibility index (Phi) is 8.13. The lowest BCUT2D eigenvalue weighted by Crippen LogP contribution is -2.42. The zero-order valence-corrected chi connectivity index (χ0v) is 13.0. The fourth-order valence-electron chi connectivity index (χ4n) is 3.81. The SMILES string of the molecule is C[N+]1(CCCCC[N+]2(C)CCCC2)CCCC1.[OH-].[OH-]. The van der Waals surface area contributed by atoms with Gasteiger partial charge in [-0.25, -0.2) is 0 Å². The molecular formula is C15H34N2O2. The molecule has 0 spiro atoms. The third-order valence-corrected chi connectivity index (χ3v) is 5.19. The van der Waals surface area contributed by atoms with Crippen LogP contribution in [-0.4, -0.2) is 73.3 Å². The Morgan fingerprint density at radius 2 is 0.895 bits per heavy atom. The minimum atomic E-state index is 0. The van der Waals surface area contributed by atoms with Gasteiger partial charge in [-0.15, -0.1) is 0 Å². The summed E-state index contributed by atoms with van der Waals surface area (Å²) >= 11 is 0. The molecule has 116 valence electrons. The van der Waals surface area contributed by atoms with Gasteiger partial charge in [0.25, 0.3) is 0 Å². The molecule has 2 aliphatic heterocycles. The summed E-state index contributed by atoms with van der Waals surface area (Å²) in [5.74, 6) is 0. The zero-order valence-electron chi connectivity index (χ0n) is 13.0. The monoisotopic (exact) mass is 274 g/mol. The predicted octanol–water partition coefficient (Wildman–Crippen LogP) is 2.28. The molecule has 0 aromatic carbocycles. The van der Waals surface area contributed by atoms with E-state index in [1.165, 1.54) is 93.2 Å². The summed E-state index contributed by atoms with van der Waals surface area (Å²) in [5.41, 5.74) is 0. The van der Waals surface area contributed by atoms with Crippen LogP contribution in [0.25, 0.3) is 0 Å². The topological polar surface area (TPSA) is 60.0 Å². The van der Waals surface area contributed by atoms with E-state index in [1.54, 1.807) is 0 Å². The zero-order chi connectivity index (χ0) is 12.2. The smallest absolute Gasteiger partial charge is 0.0786 e. The summed E-state index contributed by atoms with van der Waals surface area (Å²) in [5, 5.41) is 0. The standard InChI is InChI=1S/C15H32N2.2H2O/c1-16(12-6-7-13-16)10-4-3-5-11-17(2)14-8-9-15-17;;/h3-15H2,1-2H3;2*1H2/q+2;;/p-2. The Balaban J connectivity index is 0.00000162. The van der Waals surface area contributed by atoms with Gasteiger partial charge in [0.2, 0.25) is 0 Å². The van der Waals surface area contributed by atoms with Gasteiger partial charge in [0.15, 0.2) is 0 Å². The van der Waals surface area contributed by atoms with Crippen molar-refractivity contribution in [3.05, 3.63) is 0 Å². The molecule has 2 N–H and O–H groups in total. The highest BCUT2D eigenvalue weighted by Crippen LogP contribution is 2.19. The van der Waals surface area contributed by atoms with Crippen LogP contribution >= 0.6 is 0 Å². The largest absolute Gasteiger partial charge is 0.870 e. The van der Waals surface area contributed by atoms with E-state index >= 15 is 0 Å². The molecule has 0 saturated carbocycles. The van der Waals surface area contributed by atoms with Gasteiger partial charge in [0.1, 0.15) is 0 Å². The first-order chi connectivity index (χ1) is 8.12. The molecule has 19 heavy (non-hydrogen) atoms. The molecule has 2 saturated heterocycles. The lowest BCUT2D eigenvalue weighted by molar-refractivity contribution is -0.899. The number of rotatable bonds is 6. The van der Waals surface area contributed by atoms with Crippen molar-refractivity contribution in [1.29, 1.82) is 0 Å². The van der Waals surface area contributed by atoms with Gasteiger partial charge >= 0.3 is 0 Å². The van der Waals surface area contributed by atoms with Crippen molar-refractivity contribution in [1.82, 2.24) is 0 Å². The van der Waals surface area contributed by atoms with E-state index in [4.69, 9.17) is 0 Å². The summed E-state index contributed by atoms with van der Waals surface area (Å²) in [6.07, 6.45) is 10.2. The van der Waals surface area contributed by atoms with Gasteiger partial charge in [0, 0.05) is 25.7 Å². The van der Waals surface area contributed by atoms with E-state index < -0.39 is 0 Å². The Morgan fingerprint density at radius 3 is 1.21 bits per heavy atom. The van der Waals surface area contributed by atoms with Gasteiger partial charge in [-0.05, 0) is 19.3 Å². The van der Waals surface area contributed by atoms with Crippen LogP contribution < -0.4 is 0 Å². The molecular weight excluding hydrogens is 240 g/mol. The van der Waals surface area contributed by atoms with Crippen molar-refractivity contribution < 1.29 is 19.9 Å². The molecule has 2 aliphatic rings. The van der Waals surface area contributed by atoms with Gasteiger partial charge in [0.05, 0.1) is 53.4 Å². The van der Waals surface area contributed by atoms with Crippen molar-refractivity contribution >= 4 is 0 Å². The van der Waals surface area contributed by atoms with Crippen LogP contribution in [0.3, 0.4) is 0 Å². The lowest BCUT2D eigenvalue weighted by Gasteiger charge is -2.30. The third-order valence-electron chi connectivity index (χ3n) is 5.19. The molecule has 0 aromatic heterocycles. The average Bonchev–Trinajstić information content (AvgIpc) is 2.89. The molecule has 0 aliphatic carbocycles. The minimum Gasteiger partial charge on any atom is -0.870 e. The molecule has 0 bridgehead atoms. The van der Waals surface area contributed by atoms with E-state index in [0.29, 0.717) is 0 Å². The molecule has 0 atom stereocenters. The van der Waals surface area contributed by atoms with Crippen LogP contribution in [0, 0.1) is 0 Å². The van der Waals surface area contributed by atoms with Crippen LogP contribution in [0.4, 0.5) is 0 Å². The van der Waals surface area contributed by atoms with E-state index in [-0.39, 0.29) is 11.0 Å². The van der Waals surface area contributed by atoms with E-state index in [2.05, 4.69) is 14.1 Å². The van der Waals surface area contributed by atoms with Crippen molar-refractivity contribution in [2.45, 2.75) is 44.9 Å². The predicted molar refractivity (Wildman–Crippen MR) is 77.8 cm³/mol. The number of likely N-dealkylation sites (tertiary alicyclic amines) is 2. The number of unbranched alkanes of at least 4 members (excludes halogenated alkanes) is 2. The van der Waals surface area contributed by atoms with Crippen LogP contribution in [0.15, 0.2) is 0 Å². The second-order valence-electron chi connectivity index (χ2n) is 7.06. The van der Waals surface area contributed by atoms with E-state index in [1.807, 2.05) is 0 Å². The van der Waals surface area contributed by atoms with Crippen molar-refractivity contribution in [3.8, 4) is 0 Å². The molecule has 0 radical (unpaired) electrons. The van der Waals surface area contributed by atoms with E-state index in [0.717, 1.165) is 0 Å². The highest BCUT2D eigenvalue weighted by Gasteiger charge is 2.27. The molecule has 2 fully saturated rings. The second-order valence-corrected chi connectivity index (χ2v) is 7.06. The normalized spacial score (nSPS) is 23.7. The average molecular weight is 274 g/mol. The van der Waals surface area contributed by atoms with Crippen molar-refractivity contribution in [3.63, 3.8) is 0 Å². The molecule has 0 amide bonds. The maximum atomic E-state index is 2.46. The lowest BCUT2D eigenvalue weighted by atomic mass is 10.2. The molecule has 4 heteroatoms. The molecule has 2 heterocycles. The van der Waals surface area contributed by atoms with Gasteiger partial charge in [-0.3, -0.25) is 0 Å². The Labute approximate surface area is 119 Å². The second kappa shape index (κ2) is 8.20. The van der Waals surface area contributed by atoms with Crippen molar-refractivity contribution in [2.24, 2.45) is 0 Å². The summed E-state index contributed by atoms with van der Waals surface area (Å²) in [4.78, 5) is 0. The van der Waals surface area contributed by atoms with Crippen LogP contribution in [0.1, 0.15) is 44.9 Å². The van der Waals surface area contributed by atoms with Crippen LogP contribution in [0.2, 0.25) is 0 Å². The third kappa shape index (κ3) is 5.78. The van der Waals surface area contributed by atoms with Crippen LogP contribution in [0.5, 0.6) is 0 Å². The molecule has 0 aromatic rings. The summed E-state index contributed by atoms with van der Waals surface area (Å²) in [6, 6.07) is 0. The van der Waals surface area contributed by atoms with Crippen molar-refractivity contribution in [2.75, 3.05) is 53.4 Å². The number of hydrogen-bond donors (Lipinski definition) is 0. The molecule has 4 nitrogen and oxygen atoms in total. The van der Waals surface area contributed by atoms with E-state index in [9.17, 15) is 0 Å². The van der Waals surface area contributed by atoms with Gasteiger partial charge in [-0.1, -0.05) is 0 Å². The first kappa shape index (κ1) is 18.8. The quantitative estimate of drug-likeness (QED) is 0.551. The van der Waals surface area contributed by atoms with Gasteiger partial charge < -0.3 is 19.9 Å². The summed E-state index contributed by atoms with van der Waals surface area (Å²) in [6.45, 7) is 8.62. The summed E-state index contributed by atoms with van der Waals surface area (Å²) in [7, 11) is 4.92. The van der Waals surface area contributed by atoms with Gasteiger partial charge in [-0.2, -0.15) is 0 Å². The fraction of sp³-hybridized carbons (Fsp3) is 1.00. The number of nitrogens with zero attached hydrogens (tertiary/aromatic N) is 2. The van der Waals surface area contributed by atoms with Crippen LogP contribution in [-0.2, 0) is 0 Å². The maximum Gasteiger partial charge on any atom is 0.0786 e. The Bertz CT molecular complexity index is 210. The summed E-state index contributed by atoms with van der Waals surface area (Å²) < 4.78 is 2.73. The Morgan fingerprint density at radius 1 is 0.579 bits per heavy atom. The highest BCUT2D eigenvalue weighted by molar-refractivity contribution is 4.54. The minimum absolute atomic E-state index is 0. The first-order valence-corrected chi connectivity index (χ1v) is 7.79. The number of hydrogen-bond acceptors (Lipinski definition) is 2. The molecule has 0 unspecified atom stereocenters. The Hall–Kier alpha value is -0.160. The highest BCUT2D eigenvalue weighted by atomic mass is 16.0. The fourth-order valence-corrected chi connectivity index (χ4v) is 3.81.